The van der Waals surface area contributed by atoms with Gasteiger partial charge in [-0.15, -0.1) is 22.7 Å². The van der Waals surface area contributed by atoms with Crippen LogP contribution in [0.3, 0.4) is 0 Å². The SMILES string of the molecule is Cc1cc2c(N)nccc2[nH]1.Cc1cc2c(N)nccc2o1.Cc1cc2c(N)nccc2s1.Cc1cc2ccnc(N)c2[nH]1.Cc1cc2ccnc(N)c2o1.Cc1cc2ccnc(N)c2s1.Cc1nc2c(N)nccc2[nH]1.Cn1ccc2c(N)nccc21. The van der Waals surface area contributed by atoms with Crippen molar-refractivity contribution in [2.75, 3.05) is 45.9 Å². The summed E-state index contributed by atoms with van der Waals surface area (Å²) in [6, 6.07) is 29.3. The molecule has 0 fully saturated rings. The molecule has 16 aromatic heterocycles. The Morgan fingerprint density at radius 1 is 0.420 bits per heavy atom. The fourth-order valence-electron chi connectivity index (χ4n) is 9.19. The Bertz CT molecular complexity index is 4210. The van der Waals surface area contributed by atoms with E-state index in [2.05, 4.69) is 85.8 Å². The zero-order valence-corrected chi connectivity index (χ0v) is 51.2. The van der Waals surface area contributed by atoms with Crippen molar-refractivity contribution in [1.29, 1.82) is 0 Å². The molecule has 0 amide bonds. The van der Waals surface area contributed by atoms with Crippen LogP contribution in [0.5, 0.6) is 0 Å². The third-order valence-corrected chi connectivity index (χ3v) is 15.3. The van der Waals surface area contributed by atoms with Crippen molar-refractivity contribution in [2.24, 2.45) is 7.05 Å². The predicted octanol–water partition coefficient (Wildman–Crippen LogP) is 12.7. The molecule has 0 radical (unpaired) electrons. The zero-order chi connectivity index (χ0) is 62.8. The first-order valence-corrected chi connectivity index (χ1v) is 28.9. The number of anilines is 8. The number of pyridine rings is 8. The highest BCUT2D eigenvalue weighted by molar-refractivity contribution is 7.19. The molecule has 16 heterocycles. The average Bonchev–Trinajstić information content (AvgIpc) is 4.52. The summed E-state index contributed by atoms with van der Waals surface area (Å²) in [6.07, 6.45) is 15.6. The van der Waals surface area contributed by atoms with Crippen LogP contribution < -0.4 is 45.9 Å². The summed E-state index contributed by atoms with van der Waals surface area (Å²) >= 11 is 3.44. The number of hydrogen-bond donors (Lipinski definition) is 11. The number of H-pyrrole nitrogens is 3. The molecule has 0 aromatic carbocycles. The van der Waals surface area contributed by atoms with E-state index in [1.807, 2.05) is 125 Å². The van der Waals surface area contributed by atoms with E-state index < -0.39 is 0 Å². The monoisotopic (exact) mass is 1210 g/mol. The minimum absolute atomic E-state index is 0.454. The van der Waals surface area contributed by atoms with Crippen LogP contribution in [0.15, 0.2) is 156 Å². The Hall–Kier alpha value is -11.3. The van der Waals surface area contributed by atoms with Gasteiger partial charge in [0.25, 0.3) is 0 Å². The highest BCUT2D eigenvalue weighted by Gasteiger charge is 2.07. The Morgan fingerprint density at radius 2 is 0.977 bits per heavy atom. The quantitative estimate of drug-likeness (QED) is 0.0672. The molecule has 0 saturated carbocycles. The van der Waals surface area contributed by atoms with E-state index in [-0.39, 0.29) is 0 Å². The topological polar surface area (TPSA) is 403 Å². The van der Waals surface area contributed by atoms with Crippen molar-refractivity contribution in [3.63, 3.8) is 0 Å². The van der Waals surface area contributed by atoms with Crippen molar-refractivity contribution in [3.8, 4) is 0 Å². The van der Waals surface area contributed by atoms with Gasteiger partial charge < -0.3 is 74.2 Å². The van der Waals surface area contributed by atoms with E-state index in [1.165, 1.54) is 19.8 Å². The normalized spacial score (nSPS) is 10.6. The Labute approximate surface area is 512 Å². The molecule has 25 heteroatoms. The minimum Gasteiger partial charge on any atom is -0.461 e. The molecule has 0 atom stereocenters. The maximum atomic E-state index is 5.67. The second-order valence-corrected chi connectivity index (χ2v) is 22.6. The van der Waals surface area contributed by atoms with Gasteiger partial charge in [0.05, 0.1) is 32.2 Å². The predicted molar refractivity (Wildman–Crippen MR) is 363 cm³/mol. The third-order valence-electron chi connectivity index (χ3n) is 13.2. The summed E-state index contributed by atoms with van der Waals surface area (Å²) in [5.74, 6) is 7.07. The Kier molecular flexibility index (Phi) is 18.9. The molecular formula is C63H67N21O2S2. The number of thiophene rings is 2. The molecule has 0 aliphatic heterocycles. The standard InChI is InChI=1S/3C8H9N3.2C8H8N2O.2C8H8N2S.C7H8N4/c1-11-5-3-6-7(11)2-4-10-8(6)9;1-5-4-6-7(11-5)2-3-10-8(6)9;1-5-4-6-2-3-10-8(9)7(6)11-5;1-5-4-6-7(11-5)2-3-10-8(6)9;1-5-4-6-2-3-10-8(9)7(6)11-5;1-5-4-6-7(11-5)2-3-10-8(6)9;1-5-4-6-2-3-10-8(9)7(6)11-5;1-4-10-5-2-3-9-7(8)6(5)11-4/h2-5H,1H3,(H2,9,10);2*2-4,11H,1H3,(H2,9,10);4*2-4H,1H3,(H2,9,10);2-3H,1H3,(H2,8,9)(H,10,11). The number of imidazole rings is 1. The first-order chi connectivity index (χ1) is 42.2. The molecule has 0 saturated heterocycles. The maximum absolute atomic E-state index is 5.67. The van der Waals surface area contributed by atoms with Gasteiger partial charge in [-0.3, -0.25) is 0 Å². The van der Waals surface area contributed by atoms with Crippen molar-refractivity contribution in [2.45, 2.75) is 48.5 Å². The Morgan fingerprint density at radius 3 is 1.64 bits per heavy atom. The smallest absolute Gasteiger partial charge is 0.176 e. The number of aromatic amines is 3. The number of nitrogen functional groups attached to an aromatic ring is 8. The summed E-state index contributed by atoms with van der Waals surface area (Å²) in [6.45, 7) is 13.8. The molecule has 88 heavy (non-hydrogen) atoms. The number of aromatic nitrogens is 13. The van der Waals surface area contributed by atoms with Crippen molar-refractivity contribution in [3.05, 3.63) is 185 Å². The highest BCUT2D eigenvalue weighted by Crippen LogP contribution is 2.30. The fourth-order valence-corrected chi connectivity index (χ4v) is 11.0. The van der Waals surface area contributed by atoms with Gasteiger partial charge in [0.2, 0.25) is 0 Å². The first kappa shape index (κ1) is 61.3. The van der Waals surface area contributed by atoms with Gasteiger partial charge in [0.1, 0.15) is 63.4 Å². The molecular weight excluding hydrogens is 1150 g/mol. The highest BCUT2D eigenvalue weighted by atomic mass is 32.1. The van der Waals surface area contributed by atoms with Gasteiger partial charge in [-0.2, -0.15) is 0 Å². The number of nitrogens with zero attached hydrogens (tertiary/aromatic N) is 10. The van der Waals surface area contributed by atoms with Crippen molar-refractivity contribution in [1.82, 2.24) is 64.4 Å². The maximum Gasteiger partial charge on any atom is 0.176 e. The third kappa shape index (κ3) is 14.8. The lowest BCUT2D eigenvalue weighted by atomic mass is 10.3. The van der Waals surface area contributed by atoms with Gasteiger partial charge in [-0.1, -0.05) is 0 Å². The molecule has 23 nitrogen and oxygen atoms in total. The molecule has 0 aliphatic rings. The van der Waals surface area contributed by atoms with Crippen LogP contribution in [0.25, 0.3) is 85.9 Å². The number of nitrogens with one attached hydrogen (secondary N) is 3. The zero-order valence-electron chi connectivity index (χ0n) is 49.6. The van der Waals surface area contributed by atoms with Gasteiger partial charge in [0.15, 0.2) is 17.2 Å². The van der Waals surface area contributed by atoms with Crippen LogP contribution in [-0.4, -0.2) is 64.4 Å². The molecule has 448 valence electrons. The summed E-state index contributed by atoms with van der Waals surface area (Å²) < 4.78 is 15.0. The molecule has 0 aliphatic carbocycles. The van der Waals surface area contributed by atoms with Crippen LogP contribution in [0.4, 0.5) is 46.5 Å². The van der Waals surface area contributed by atoms with Crippen LogP contribution in [0.1, 0.15) is 38.5 Å². The lowest BCUT2D eigenvalue weighted by molar-refractivity contribution is 0.578. The lowest BCUT2D eigenvalue weighted by Crippen LogP contribution is -1.90. The molecule has 16 aromatic rings. The van der Waals surface area contributed by atoms with Crippen molar-refractivity contribution >= 4 is 155 Å². The molecule has 0 spiro atoms. The van der Waals surface area contributed by atoms with Gasteiger partial charge in [0, 0.05) is 116 Å². The van der Waals surface area contributed by atoms with E-state index in [9.17, 15) is 0 Å². The van der Waals surface area contributed by atoms with E-state index in [1.54, 1.807) is 78.3 Å². The second kappa shape index (κ2) is 27.2. The second-order valence-electron chi connectivity index (χ2n) is 20.1. The number of fused-ring (bicyclic) bond motifs is 8. The minimum atomic E-state index is 0.454. The van der Waals surface area contributed by atoms with Gasteiger partial charge in [-0.05, 0) is 145 Å². The molecule has 19 N–H and O–H groups in total. The number of hydrogen-bond acceptors (Lipinski definition) is 21. The first-order valence-electron chi connectivity index (χ1n) is 27.2. The van der Waals surface area contributed by atoms with E-state index in [0.29, 0.717) is 52.1 Å². The van der Waals surface area contributed by atoms with Crippen molar-refractivity contribution < 1.29 is 8.83 Å². The number of nitrogens with two attached hydrogens (primary N) is 8. The molecule has 16 rings (SSSR count). The fraction of sp³-hybridized carbons (Fsp3) is 0.127. The van der Waals surface area contributed by atoms with E-state index in [0.717, 1.165) is 98.9 Å². The van der Waals surface area contributed by atoms with E-state index >= 15 is 0 Å². The lowest BCUT2D eigenvalue weighted by Gasteiger charge is -1.96. The largest absolute Gasteiger partial charge is 0.461 e. The summed E-state index contributed by atoms with van der Waals surface area (Å²) in [5, 5.41) is 7.32. The van der Waals surface area contributed by atoms with Crippen LogP contribution in [-0.2, 0) is 7.05 Å². The number of aryl methyl sites for hydroxylation is 8. The van der Waals surface area contributed by atoms with Gasteiger partial charge >= 0.3 is 0 Å². The van der Waals surface area contributed by atoms with Crippen LogP contribution >= 0.6 is 22.7 Å². The molecule has 0 bridgehead atoms. The average molecular weight is 1210 g/mol. The van der Waals surface area contributed by atoms with Gasteiger partial charge in [-0.25, -0.2) is 44.9 Å². The summed E-state index contributed by atoms with van der Waals surface area (Å²) in [5.41, 5.74) is 53.5. The van der Waals surface area contributed by atoms with E-state index in [4.69, 9.17) is 54.7 Å². The molecule has 0 unspecified atom stereocenters. The summed E-state index contributed by atoms with van der Waals surface area (Å²) in [4.78, 5) is 47.8. The number of furan rings is 2. The Balaban J connectivity index is 0.000000120. The summed E-state index contributed by atoms with van der Waals surface area (Å²) in [7, 11) is 1.99. The van der Waals surface area contributed by atoms with Crippen LogP contribution in [0.2, 0.25) is 0 Å². The number of rotatable bonds is 0. The van der Waals surface area contributed by atoms with Crippen LogP contribution in [0, 0.1) is 48.5 Å².